The molecule has 7 heteroatoms. The van der Waals surface area contributed by atoms with Gasteiger partial charge in [-0.1, -0.05) is 0 Å². The van der Waals surface area contributed by atoms with Crippen LogP contribution in [0.4, 0.5) is 5.69 Å². The number of rotatable bonds is 5. The number of hydrogen-bond acceptors (Lipinski definition) is 4. The molecular weight excluding hydrogens is 477 g/mol. The first-order chi connectivity index (χ1) is 13.6. The number of piperazine rings is 1. The molecule has 1 aromatic rings. The van der Waals surface area contributed by atoms with Crippen molar-refractivity contribution in [2.75, 3.05) is 64.9 Å². The number of piperidine rings is 1. The first-order valence-corrected chi connectivity index (χ1v) is 10.7. The van der Waals surface area contributed by atoms with Gasteiger partial charge in [0.1, 0.15) is 5.75 Å². The van der Waals surface area contributed by atoms with Crippen LogP contribution >= 0.6 is 24.0 Å². The molecule has 2 aliphatic heterocycles. The van der Waals surface area contributed by atoms with Crippen LogP contribution in [0.25, 0.3) is 0 Å². The van der Waals surface area contributed by atoms with Crippen LogP contribution in [0.1, 0.15) is 26.7 Å². The first-order valence-electron chi connectivity index (χ1n) is 10.7. The lowest BCUT2D eigenvalue weighted by molar-refractivity contribution is 0.140. The molecule has 1 aromatic carbocycles. The first kappa shape index (κ1) is 24.1. The van der Waals surface area contributed by atoms with Crippen LogP contribution in [-0.4, -0.2) is 81.8 Å². The number of guanidine groups is 1. The molecule has 0 aromatic heterocycles. The average Bonchev–Trinajstić information content (AvgIpc) is 2.75. The number of halogens is 1. The summed E-state index contributed by atoms with van der Waals surface area (Å²) in [7, 11) is 3.61. The third-order valence-electron chi connectivity index (χ3n) is 6.06. The quantitative estimate of drug-likeness (QED) is 0.371. The number of nitrogens with one attached hydrogen (secondary N) is 1. The van der Waals surface area contributed by atoms with Crippen LogP contribution in [0.15, 0.2) is 29.3 Å². The summed E-state index contributed by atoms with van der Waals surface area (Å²) < 4.78 is 5.26. The fourth-order valence-corrected chi connectivity index (χ4v) is 4.27. The lowest BCUT2D eigenvalue weighted by atomic mass is 9.97. The fraction of sp³-hybridized carbons (Fsp3) is 0.682. The molecule has 2 fully saturated rings. The van der Waals surface area contributed by atoms with Gasteiger partial charge < -0.3 is 24.8 Å². The molecule has 0 radical (unpaired) electrons. The number of anilines is 1. The molecule has 0 amide bonds. The van der Waals surface area contributed by atoms with E-state index in [4.69, 9.17) is 4.74 Å². The highest BCUT2D eigenvalue weighted by molar-refractivity contribution is 14.0. The monoisotopic (exact) mass is 515 g/mol. The van der Waals surface area contributed by atoms with Gasteiger partial charge in [-0.05, 0) is 63.4 Å². The van der Waals surface area contributed by atoms with Gasteiger partial charge in [0.15, 0.2) is 5.96 Å². The highest BCUT2D eigenvalue weighted by Gasteiger charge is 2.24. The SMILES string of the molecule is CN=C(NCC1CCCN(C(C)C)C1)N1CCN(c2ccc(OC)cc2)CC1.I. The van der Waals surface area contributed by atoms with E-state index in [1.54, 1.807) is 7.11 Å². The van der Waals surface area contributed by atoms with Crippen molar-refractivity contribution in [2.45, 2.75) is 32.7 Å². The Morgan fingerprint density at radius 3 is 2.41 bits per heavy atom. The number of likely N-dealkylation sites (tertiary alicyclic amines) is 1. The Labute approximate surface area is 193 Å². The number of nitrogens with zero attached hydrogens (tertiary/aromatic N) is 4. The van der Waals surface area contributed by atoms with Crippen LogP contribution < -0.4 is 15.0 Å². The highest BCUT2D eigenvalue weighted by atomic mass is 127. The summed E-state index contributed by atoms with van der Waals surface area (Å²) in [5.41, 5.74) is 1.26. The number of methoxy groups -OCH3 is 1. The summed E-state index contributed by atoms with van der Waals surface area (Å²) in [4.78, 5) is 12.0. The van der Waals surface area contributed by atoms with E-state index in [2.05, 4.69) is 51.0 Å². The molecule has 164 valence electrons. The second-order valence-electron chi connectivity index (χ2n) is 8.20. The van der Waals surface area contributed by atoms with Crippen molar-refractivity contribution >= 4 is 35.6 Å². The van der Waals surface area contributed by atoms with Crippen LogP contribution in [0.3, 0.4) is 0 Å². The lowest BCUT2D eigenvalue weighted by Crippen LogP contribution is -2.53. The average molecular weight is 515 g/mol. The topological polar surface area (TPSA) is 43.3 Å². The summed E-state index contributed by atoms with van der Waals surface area (Å²) in [6, 6.07) is 9.00. The maximum atomic E-state index is 5.26. The highest BCUT2D eigenvalue weighted by Crippen LogP contribution is 2.21. The Kier molecular flexibility index (Phi) is 9.82. The van der Waals surface area contributed by atoms with Crippen molar-refractivity contribution in [3.05, 3.63) is 24.3 Å². The standard InChI is InChI=1S/C22H37N5O.HI/c1-18(2)27-11-5-6-19(17-27)16-24-22(23-3)26-14-12-25(13-15-26)20-7-9-21(28-4)10-8-20;/h7-10,18-19H,5-6,11-17H2,1-4H3,(H,23,24);1H. The molecule has 0 bridgehead atoms. The molecule has 6 nitrogen and oxygen atoms in total. The molecule has 0 spiro atoms. The normalized spacial score (nSPS) is 21.1. The second-order valence-corrected chi connectivity index (χ2v) is 8.20. The van der Waals surface area contributed by atoms with E-state index >= 15 is 0 Å². The summed E-state index contributed by atoms with van der Waals surface area (Å²) in [5.74, 6) is 2.68. The minimum atomic E-state index is 0. The molecule has 0 saturated carbocycles. The van der Waals surface area contributed by atoms with E-state index in [0.29, 0.717) is 12.0 Å². The largest absolute Gasteiger partial charge is 0.497 e. The number of benzene rings is 1. The molecule has 3 rings (SSSR count). The maximum Gasteiger partial charge on any atom is 0.193 e. The van der Waals surface area contributed by atoms with Crippen molar-refractivity contribution in [1.29, 1.82) is 0 Å². The molecule has 2 saturated heterocycles. The van der Waals surface area contributed by atoms with Gasteiger partial charge in [-0.25, -0.2) is 0 Å². The Balaban J connectivity index is 0.00000300. The summed E-state index contributed by atoms with van der Waals surface area (Å²) in [5, 5.41) is 3.65. The third kappa shape index (κ3) is 6.64. The van der Waals surface area contributed by atoms with Gasteiger partial charge in [-0.3, -0.25) is 4.99 Å². The van der Waals surface area contributed by atoms with Crippen molar-refractivity contribution in [2.24, 2.45) is 10.9 Å². The molecule has 1 N–H and O–H groups in total. The minimum absolute atomic E-state index is 0. The van der Waals surface area contributed by atoms with Crippen LogP contribution in [0.2, 0.25) is 0 Å². The maximum absolute atomic E-state index is 5.26. The molecule has 2 heterocycles. The number of hydrogen-bond donors (Lipinski definition) is 1. The Bertz CT molecular complexity index is 629. The summed E-state index contributed by atoms with van der Waals surface area (Å²) in [6.45, 7) is 12.1. The third-order valence-corrected chi connectivity index (χ3v) is 6.06. The fourth-order valence-electron chi connectivity index (χ4n) is 4.27. The Morgan fingerprint density at radius 2 is 1.83 bits per heavy atom. The summed E-state index contributed by atoms with van der Waals surface area (Å²) >= 11 is 0. The summed E-state index contributed by atoms with van der Waals surface area (Å²) in [6.07, 6.45) is 2.63. The van der Waals surface area contributed by atoms with Crippen LogP contribution in [0, 0.1) is 5.92 Å². The zero-order valence-electron chi connectivity index (χ0n) is 18.4. The molecule has 1 atom stereocenters. The van der Waals surface area contributed by atoms with Gasteiger partial charge in [0.2, 0.25) is 0 Å². The van der Waals surface area contributed by atoms with E-state index in [0.717, 1.165) is 44.4 Å². The van der Waals surface area contributed by atoms with Crippen molar-refractivity contribution in [1.82, 2.24) is 15.1 Å². The Morgan fingerprint density at radius 1 is 1.14 bits per heavy atom. The van der Waals surface area contributed by atoms with Crippen molar-refractivity contribution in [3.8, 4) is 5.75 Å². The number of ether oxygens (including phenoxy) is 1. The zero-order chi connectivity index (χ0) is 19.9. The van der Waals surface area contributed by atoms with E-state index in [1.807, 2.05) is 19.2 Å². The van der Waals surface area contributed by atoms with E-state index in [-0.39, 0.29) is 24.0 Å². The van der Waals surface area contributed by atoms with Crippen molar-refractivity contribution in [3.63, 3.8) is 0 Å². The van der Waals surface area contributed by atoms with Crippen LogP contribution in [-0.2, 0) is 0 Å². The van der Waals surface area contributed by atoms with Gasteiger partial charge in [0, 0.05) is 58.0 Å². The zero-order valence-corrected chi connectivity index (χ0v) is 20.8. The minimum Gasteiger partial charge on any atom is -0.497 e. The van der Waals surface area contributed by atoms with Crippen LogP contribution in [0.5, 0.6) is 5.75 Å². The Hall–Kier alpha value is -1.22. The van der Waals surface area contributed by atoms with Gasteiger partial charge in [-0.2, -0.15) is 0 Å². The smallest absolute Gasteiger partial charge is 0.193 e. The molecule has 2 aliphatic rings. The lowest BCUT2D eigenvalue weighted by Gasteiger charge is -2.39. The predicted octanol–water partition coefficient (Wildman–Crippen LogP) is 3.13. The molecule has 29 heavy (non-hydrogen) atoms. The van der Waals surface area contributed by atoms with E-state index < -0.39 is 0 Å². The van der Waals surface area contributed by atoms with Crippen molar-refractivity contribution < 1.29 is 4.74 Å². The number of aliphatic imine (C=N–C) groups is 1. The molecular formula is C22H38IN5O. The van der Waals surface area contributed by atoms with Gasteiger partial charge in [0.05, 0.1) is 7.11 Å². The molecule has 0 aliphatic carbocycles. The molecule has 1 unspecified atom stereocenters. The second kappa shape index (κ2) is 11.8. The predicted molar refractivity (Wildman–Crippen MR) is 133 cm³/mol. The van der Waals surface area contributed by atoms with E-state index in [1.165, 1.54) is 31.6 Å². The van der Waals surface area contributed by atoms with E-state index in [9.17, 15) is 0 Å². The van der Waals surface area contributed by atoms with Gasteiger partial charge in [-0.15, -0.1) is 24.0 Å². The van der Waals surface area contributed by atoms with Gasteiger partial charge >= 0.3 is 0 Å². The van der Waals surface area contributed by atoms with Gasteiger partial charge in [0.25, 0.3) is 0 Å².